The van der Waals surface area contributed by atoms with Gasteiger partial charge < -0.3 is 9.72 Å². The van der Waals surface area contributed by atoms with E-state index in [4.69, 9.17) is 4.74 Å². The van der Waals surface area contributed by atoms with E-state index >= 15 is 0 Å². The molecule has 3 aromatic rings. The number of Topliss-reactive ketones (excluding diaryl/α,β-unsaturated/α-hetero) is 1. The van der Waals surface area contributed by atoms with Gasteiger partial charge in [0.2, 0.25) is 0 Å². The van der Waals surface area contributed by atoms with E-state index in [0.717, 1.165) is 22.6 Å². The molecule has 0 aliphatic carbocycles. The zero-order chi connectivity index (χ0) is 13.9. The van der Waals surface area contributed by atoms with Crippen LogP contribution in [0.15, 0.2) is 48.5 Å². The third-order valence-corrected chi connectivity index (χ3v) is 3.07. The number of rotatable bonds is 4. The van der Waals surface area contributed by atoms with Gasteiger partial charge in [-0.15, -0.1) is 0 Å². The maximum Gasteiger partial charge on any atom is 0.159 e. The van der Waals surface area contributed by atoms with Gasteiger partial charge in [0.15, 0.2) is 5.78 Å². The van der Waals surface area contributed by atoms with Crippen molar-refractivity contribution in [3.63, 3.8) is 0 Å². The number of nitrogens with one attached hydrogen (secondary N) is 1. The Labute approximate surface area is 116 Å². The minimum atomic E-state index is 0.0498. The normalized spacial score (nSPS) is 10.7. The molecule has 1 N–H and O–H groups in total. The highest BCUT2D eigenvalue weighted by Crippen LogP contribution is 2.15. The first-order valence-corrected chi connectivity index (χ1v) is 6.40. The Kier molecular flexibility index (Phi) is 3.21. The standard InChI is InChI=1S/C16H14N2O2/c1-11(19)12-6-8-13(9-7-12)20-10-16-17-14-4-2-3-5-15(14)18-16/h2-9H,10H2,1H3,(H,17,18). The number of H-pyrrole nitrogens is 1. The number of benzene rings is 2. The Morgan fingerprint density at radius 3 is 2.60 bits per heavy atom. The number of para-hydroxylation sites is 2. The number of ketones is 1. The van der Waals surface area contributed by atoms with Gasteiger partial charge in [-0.05, 0) is 43.3 Å². The van der Waals surface area contributed by atoms with Gasteiger partial charge in [0.1, 0.15) is 18.2 Å². The van der Waals surface area contributed by atoms with Crippen LogP contribution in [0.4, 0.5) is 0 Å². The van der Waals surface area contributed by atoms with E-state index in [1.54, 1.807) is 31.2 Å². The molecule has 0 atom stereocenters. The van der Waals surface area contributed by atoms with Crippen molar-refractivity contribution >= 4 is 16.8 Å². The van der Waals surface area contributed by atoms with Gasteiger partial charge >= 0.3 is 0 Å². The lowest BCUT2D eigenvalue weighted by molar-refractivity contribution is 0.101. The minimum absolute atomic E-state index is 0.0498. The molecule has 0 saturated heterocycles. The number of aromatic nitrogens is 2. The van der Waals surface area contributed by atoms with Crippen molar-refractivity contribution in [3.05, 3.63) is 59.9 Å². The number of hydrogen-bond acceptors (Lipinski definition) is 3. The van der Waals surface area contributed by atoms with Crippen LogP contribution >= 0.6 is 0 Å². The first kappa shape index (κ1) is 12.4. The summed E-state index contributed by atoms with van der Waals surface area (Å²) in [6.07, 6.45) is 0. The zero-order valence-electron chi connectivity index (χ0n) is 11.1. The van der Waals surface area contributed by atoms with Crippen molar-refractivity contribution in [2.45, 2.75) is 13.5 Å². The lowest BCUT2D eigenvalue weighted by Crippen LogP contribution is -1.98. The highest BCUT2D eigenvalue weighted by Gasteiger charge is 2.03. The van der Waals surface area contributed by atoms with E-state index in [0.29, 0.717) is 12.2 Å². The van der Waals surface area contributed by atoms with Crippen molar-refractivity contribution < 1.29 is 9.53 Å². The van der Waals surface area contributed by atoms with Crippen LogP contribution in [-0.2, 0) is 6.61 Å². The smallest absolute Gasteiger partial charge is 0.159 e. The Bertz CT molecular complexity index is 712. The van der Waals surface area contributed by atoms with E-state index in [-0.39, 0.29) is 5.78 Å². The summed E-state index contributed by atoms with van der Waals surface area (Å²) in [5.74, 6) is 1.55. The molecular weight excluding hydrogens is 252 g/mol. The fourth-order valence-corrected chi connectivity index (χ4v) is 2.01. The van der Waals surface area contributed by atoms with E-state index in [2.05, 4.69) is 9.97 Å². The molecule has 1 heterocycles. The maximum atomic E-state index is 11.2. The third-order valence-electron chi connectivity index (χ3n) is 3.07. The number of hydrogen-bond donors (Lipinski definition) is 1. The van der Waals surface area contributed by atoms with E-state index in [1.807, 2.05) is 24.3 Å². The molecule has 0 unspecified atom stereocenters. The molecule has 0 spiro atoms. The van der Waals surface area contributed by atoms with Crippen LogP contribution in [0.1, 0.15) is 23.1 Å². The second-order valence-electron chi connectivity index (χ2n) is 4.57. The lowest BCUT2D eigenvalue weighted by Gasteiger charge is -2.04. The van der Waals surface area contributed by atoms with Crippen molar-refractivity contribution in [1.29, 1.82) is 0 Å². The summed E-state index contributed by atoms with van der Waals surface area (Å²) in [5.41, 5.74) is 2.61. The summed E-state index contributed by atoms with van der Waals surface area (Å²) >= 11 is 0. The molecule has 2 aromatic carbocycles. The summed E-state index contributed by atoms with van der Waals surface area (Å²) in [5, 5.41) is 0. The molecule has 0 saturated carbocycles. The Balaban J connectivity index is 1.71. The molecule has 4 nitrogen and oxygen atoms in total. The van der Waals surface area contributed by atoms with Crippen molar-refractivity contribution in [3.8, 4) is 5.75 Å². The second-order valence-corrected chi connectivity index (χ2v) is 4.57. The molecule has 0 aliphatic heterocycles. The van der Waals surface area contributed by atoms with Crippen molar-refractivity contribution in [2.75, 3.05) is 0 Å². The quantitative estimate of drug-likeness (QED) is 0.737. The highest BCUT2D eigenvalue weighted by molar-refractivity contribution is 5.94. The Morgan fingerprint density at radius 1 is 1.15 bits per heavy atom. The highest BCUT2D eigenvalue weighted by atomic mass is 16.5. The summed E-state index contributed by atoms with van der Waals surface area (Å²) < 4.78 is 5.65. The van der Waals surface area contributed by atoms with Crippen molar-refractivity contribution in [2.24, 2.45) is 0 Å². The Morgan fingerprint density at radius 2 is 1.90 bits per heavy atom. The van der Waals surface area contributed by atoms with E-state index in [9.17, 15) is 4.79 Å². The molecule has 20 heavy (non-hydrogen) atoms. The summed E-state index contributed by atoms with van der Waals surface area (Å²) in [7, 11) is 0. The number of nitrogens with zero attached hydrogens (tertiary/aromatic N) is 1. The molecule has 100 valence electrons. The molecule has 0 fully saturated rings. The zero-order valence-corrected chi connectivity index (χ0v) is 11.1. The first-order valence-electron chi connectivity index (χ1n) is 6.40. The second kappa shape index (κ2) is 5.17. The van der Waals surface area contributed by atoms with Gasteiger partial charge in [-0.25, -0.2) is 4.98 Å². The van der Waals surface area contributed by atoms with Crippen LogP contribution in [0, 0.1) is 0 Å². The van der Waals surface area contributed by atoms with Crippen LogP contribution in [-0.4, -0.2) is 15.8 Å². The van der Waals surface area contributed by atoms with Crippen LogP contribution in [0.25, 0.3) is 11.0 Å². The number of aromatic amines is 1. The topological polar surface area (TPSA) is 55.0 Å². The van der Waals surface area contributed by atoms with Gasteiger partial charge in [-0.2, -0.15) is 0 Å². The number of carbonyl (C=O) groups excluding carboxylic acids is 1. The predicted octanol–water partition coefficient (Wildman–Crippen LogP) is 3.34. The fraction of sp³-hybridized carbons (Fsp3) is 0.125. The average molecular weight is 266 g/mol. The maximum absolute atomic E-state index is 11.2. The largest absolute Gasteiger partial charge is 0.486 e. The molecule has 0 amide bonds. The van der Waals surface area contributed by atoms with Gasteiger partial charge in [0.05, 0.1) is 11.0 Å². The first-order chi connectivity index (χ1) is 9.72. The molecule has 0 aliphatic rings. The van der Waals surface area contributed by atoms with Crippen LogP contribution in [0.2, 0.25) is 0 Å². The fourth-order valence-electron chi connectivity index (χ4n) is 2.01. The molecule has 4 heteroatoms. The van der Waals surface area contributed by atoms with E-state index in [1.165, 1.54) is 0 Å². The summed E-state index contributed by atoms with van der Waals surface area (Å²) in [6, 6.07) is 15.0. The van der Waals surface area contributed by atoms with Gasteiger partial charge in [0, 0.05) is 5.56 Å². The average Bonchev–Trinajstić information content (AvgIpc) is 2.88. The lowest BCUT2D eigenvalue weighted by atomic mass is 10.1. The summed E-state index contributed by atoms with van der Waals surface area (Å²) in [4.78, 5) is 18.8. The molecule has 3 rings (SSSR count). The van der Waals surface area contributed by atoms with Crippen LogP contribution in [0.5, 0.6) is 5.75 Å². The molecule has 0 radical (unpaired) electrons. The SMILES string of the molecule is CC(=O)c1ccc(OCc2nc3ccccc3[nH]2)cc1. The predicted molar refractivity (Wildman–Crippen MR) is 76.9 cm³/mol. The molecule has 0 bridgehead atoms. The number of imidazole rings is 1. The van der Waals surface area contributed by atoms with Gasteiger partial charge in [-0.3, -0.25) is 4.79 Å². The molecular formula is C16H14N2O2. The van der Waals surface area contributed by atoms with E-state index < -0.39 is 0 Å². The summed E-state index contributed by atoms with van der Waals surface area (Å²) in [6.45, 7) is 1.92. The van der Waals surface area contributed by atoms with Gasteiger partial charge in [0.25, 0.3) is 0 Å². The molecule has 1 aromatic heterocycles. The number of ether oxygens (including phenoxy) is 1. The van der Waals surface area contributed by atoms with Crippen LogP contribution in [0.3, 0.4) is 0 Å². The number of carbonyl (C=O) groups is 1. The minimum Gasteiger partial charge on any atom is -0.486 e. The Hall–Kier alpha value is -2.62. The number of fused-ring (bicyclic) bond motifs is 1. The van der Waals surface area contributed by atoms with Crippen LogP contribution < -0.4 is 4.74 Å². The van der Waals surface area contributed by atoms with Gasteiger partial charge in [-0.1, -0.05) is 12.1 Å². The van der Waals surface area contributed by atoms with Crippen molar-refractivity contribution in [1.82, 2.24) is 9.97 Å². The third kappa shape index (κ3) is 2.54. The monoisotopic (exact) mass is 266 g/mol.